The molecule has 230 valence electrons. The van der Waals surface area contributed by atoms with Gasteiger partial charge in [-0.3, -0.25) is 13.9 Å². The van der Waals surface area contributed by atoms with E-state index in [2.05, 4.69) is 21.2 Å². The number of hydrogen-bond acceptors (Lipinski definition) is 4. The van der Waals surface area contributed by atoms with Gasteiger partial charge in [0, 0.05) is 23.5 Å². The summed E-state index contributed by atoms with van der Waals surface area (Å²) in [5, 5.41) is 2.98. The maximum Gasteiger partial charge on any atom is 0.264 e. The van der Waals surface area contributed by atoms with Gasteiger partial charge in [0.2, 0.25) is 11.8 Å². The van der Waals surface area contributed by atoms with Crippen LogP contribution in [0.1, 0.15) is 36.1 Å². The molecule has 0 radical (unpaired) electrons. The Morgan fingerprint density at radius 2 is 1.43 bits per heavy atom. The highest BCUT2D eigenvalue weighted by Crippen LogP contribution is 2.27. The van der Waals surface area contributed by atoms with Crippen molar-refractivity contribution in [1.82, 2.24) is 10.2 Å². The molecule has 4 aromatic carbocycles. The van der Waals surface area contributed by atoms with Crippen LogP contribution in [0, 0.1) is 13.8 Å². The Labute approximate surface area is 269 Å². The molecular formula is C35H38BrN3O4S. The minimum absolute atomic E-state index is 0.0717. The van der Waals surface area contributed by atoms with Crippen molar-refractivity contribution in [3.63, 3.8) is 0 Å². The van der Waals surface area contributed by atoms with Crippen LogP contribution in [-0.2, 0) is 32.6 Å². The molecule has 44 heavy (non-hydrogen) atoms. The van der Waals surface area contributed by atoms with Crippen LogP contribution in [-0.4, -0.2) is 43.8 Å². The number of halogens is 1. The van der Waals surface area contributed by atoms with Gasteiger partial charge < -0.3 is 10.2 Å². The van der Waals surface area contributed by atoms with Gasteiger partial charge in [0.05, 0.1) is 10.6 Å². The lowest BCUT2D eigenvalue weighted by atomic mass is 10.0. The summed E-state index contributed by atoms with van der Waals surface area (Å²) in [4.78, 5) is 29.8. The zero-order valence-electron chi connectivity index (χ0n) is 25.4. The van der Waals surface area contributed by atoms with E-state index in [1.807, 2.05) is 82.3 Å². The lowest BCUT2D eigenvalue weighted by Gasteiger charge is -2.34. The van der Waals surface area contributed by atoms with Crippen molar-refractivity contribution >= 4 is 43.5 Å². The zero-order valence-corrected chi connectivity index (χ0v) is 27.8. The second-order valence-electron chi connectivity index (χ2n) is 11.2. The highest BCUT2D eigenvalue weighted by molar-refractivity contribution is 9.10. The normalized spacial score (nSPS) is 12.0. The Bertz CT molecular complexity index is 1680. The molecule has 0 fully saturated rings. The molecule has 0 spiro atoms. The fraction of sp³-hybridized carbons (Fsp3) is 0.257. The van der Waals surface area contributed by atoms with Crippen molar-refractivity contribution in [2.45, 2.75) is 57.6 Å². The number of benzene rings is 4. The molecular weight excluding hydrogens is 638 g/mol. The standard InChI is InChI=1S/C35H38BrN3O4S/c1-25(2)37-35(41)33(22-28-10-6-5-7-11-28)38(23-29-12-8-9-27(4)21-29)34(40)24-39(31-17-15-30(36)16-18-31)44(42,43)32-19-13-26(3)14-20-32/h5-21,25,33H,22-24H2,1-4H3,(H,37,41)/t33-/m0/s1. The molecule has 0 heterocycles. The third-order valence-corrected chi connectivity index (χ3v) is 9.46. The second-order valence-corrected chi connectivity index (χ2v) is 14.0. The highest BCUT2D eigenvalue weighted by Gasteiger charge is 2.34. The van der Waals surface area contributed by atoms with E-state index in [-0.39, 0.29) is 29.8 Å². The second kappa shape index (κ2) is 14.7. The molecule has 1 atom stereocenters. The molecule has 2 amide bonds. The molecule has 0 saturated carbocycles. The molecule has 0 aromatic heterocycles. The van der Waals surface area contributed by atoms with E-state index in [4.69, 9.17) is 0 Å². The van der Waals surface area contributed by atoms with E-state index in [9.17, 15) is 18.0 Å². The Balaban J connectivity index is 1.80. The number of sulfonamides is 1. The molecule has 4 rings (SSSR count). The van der Waals surface area contributed by atoms with Crippen molar-refractivity contribution in [3.05, 3.63) is 130 Å². The SMILES string of the molecule is Cc1ccc(S(=O)(=O)N(CC(=O)N(Cc2cccc(C)c2)[C@@H](Cc2ccccc2)C(=O)NC(C)C)c2ccc(Br)cc2)cc1. The number of carbonyl (C=O) groups excluding carboxylic acids is 2. The van der Waals surface area contributed by atoms with Crippen LogP contribution in [0.4, 0.5) is 5.69 Å². The van der Waals surface area contributed by atoms with Crippen molar-refractivity contribution in [1.29, 1.82) is 0 Å². The Morgan fingerprint density at radius 3 is 2.05 bits per heavy atom. The van der Waals surface area contributed by atoms with Crippen LogP contribution in [0.2, 0.25) is 0 Å². The third-order valence-electron chi connectivity index (χ3n) is 7.14. The zero-order chi connectivity index (χ0) is 31.9. The van der Waals surface area contributed by atoms with Gasteiger partial charge in [-0.25, -0.2) is 8.42 Å². The van der Waals surface area contributed by atoms with Gasteiger partial charge in [-0.15, -0.1) is 0 Å². The average Bonchev–Trinajstić information content (AvgIpc) is 2.98. The first-order chi connectivity index (χ1) is 20.9. The minimum Gasteiger partial charge on any atom is -0.352 e. The summed E-state index contributed by atoms with van der Waals surface area (Å²) in [5.41, 5.74) is 3.99. The van der Waals surface area contributed by atoms with Gasteiger partial charge in [-0.2, -0.15) is 0 Å². The van der Waals surface area contributed by atoms with Crippen LogP contribution in [0.15, 0.2) is 112 Å². The topological polar surface area (TPSA) is 86.8 Å². The Kier molecular flexibility index (Phi) is 11.0. The quantitative estimate of drug-likeness (QED) is 0.188. The monoisotopic (exact) mass is 675 g/mol. The van der Waals surface area contributed by atoms with Gasteiger partial charge in [0.25, 0.3) is 10.0 Å². The molecule has 4 aromatic rings. The van der Waals surface area contributed by atoms with Crippen LogP contribution < -0.4 is 9.62 Å². The summed E-state index contributed by atoms with van der Waals surface area (Å²) in [5.74, 6) is -0.800. The number of nitrogens with one attached hydrogen (secondary N) is 1. The van der Waals surface area contributed by atoms with E-state index in [1.165, 1.54) is 4.90 Å². The van der Waals surface area contributed by atoms with Gasteiger partial charge in [0.1, 0.15) is 12.6 Å². The van der Waals surface area contributed by atoms with Crippen molar-refractivity contribution in [2.24, 2.45) is 0 Å². The number of rotatable bonds is 12. The Hall–Kier alpha value is -3.95. The number of nitrogens with zero attached hydrogens (tertiary/aromatic N) is 2. The molecule has 0 aliphatic carbocycles. The van der Waals surface area contributed by atoms with Gasteiger partial charge in [-0.1, -0.05) is 93.8 Å². The fourth-order valence-corrected chi connectivity index (χ4v) is 6.59. The maximum atomic E-state index is 14.5. The first kappa shape index (κ1) is 33.0. The number of aryl methyl sites for hydroxylation is 2. The van der Waals surface area contributed by atoms with Crippen LogP contribution in [0.25, 0.3) is 0 Å². The first-order valence-electron chi connectivity index (χ1n) is 14.5. The van der Waals surface area contributed by atoms with Crippen molar-refractivity contribution < 1.29 is 18.0 Å². The Morgan fingerprint density at radius 1 is 0.795 bits per heavy atom. The summed E-state index contributed by atoms with van der Waals surface area (Å²) in [7, 11) is -4.15. The van der Waals surface area contributed by atoms with Crippen LogP contribution >= 0.6 is 15.9 Å². The summed E-state index contributed by atoms with van der Waals surface area (Å²) >= 11 is 3.41. The number of anilines is 1. The first-order valence-corrected chi connectivity index (χ1v) is 16.7. The van der Waals surface area contributed by atoms with Crippen molar-refractivity contribution in [2.75, 3.05) is 10.8 Å². The molecule has 0 aliphatic rings. The number of amides is 2. The van der Waals surface area contributed by atoms with Crippen LogP contribution in [0.3, 0.4) is 0 Å². The largest absolute Gasteiger partial charge is 0.352 e. The number of carbonyl (C=O) groups is 2. The van der Waals surface area contributed by atoms with E-state index in [0.717, 1.165) is 31.0 Å². The van der Waals surface area contributed by atoms with E-state index >= 15 is 0 Å². The van der Waals surface area contributed by atoms with Gasteiger partial charge in [-0.05, 0) is 75.2 Å². The van der Waals surface area contributed by atoms with E-state index in [0.29, 0.717) is 5.69 Å². The molecule has 0 saturated heterocycles. The smallest absolute Gasteiger partial charge is 0.264 e. The highest BCUT2D eigenvalue weighted by atomic mass is 79.9. The predicted octanol–water partition coefficient (Wildman–Crippen LogP) is 6.43. The maximum absolute atomic E-state index is 14.5. The van der Waals surface area contributed by atoms with Crippen molar-refractivity contribution in [3.8, 4) is 0 Å². The average molecular weight is 677 g/mol. The molecule has 9 heteroatoms. The van der Waals surface area contributed by atoms with Gasteiger partial charge in [0.15, 0.2) is 0 Å². The lowest BCUT2D eigenvalue weighted by molar-refractivity contribution is -0.140. The molecule has 0 unspecified atom stereocenters. The molecule has 0 bridgehead atoms. The summed E-state index contributed by atoms with van der Waals surface area (Å²) in [6.45, 7) is 7.21. The lowest BCUT2D eigenvalue weighted by Crippen LogP contribution is -2.54. The minimum atomic E-state index is -4.15. The predicted molar refractivity (Wildman–Crippen MR) is 179 cm³/mol. The fourth-order valence-electron chi connectivity index (χ4n) is 4.92. The van der Waals surface area contributed by atoms with Crippen LogP contribution in [0.5, 0.6) is 0 Å². The summed E-state index contributed by atoms with van der Waals surface area (Å²) < 4.78 is 30.1. The molecule has 7 nitrogen and oxygen atoms in total. The third kappa shape index (κ3) is 8.57. The van der Waals surface area contributed by atoms with E-state index < -0.39 is 28.5 Å². The molecule has 0 aliphatic heterocycles. The summed E-state index contributed by atoms with van der Waals surface area (Å²) in [6.07, 6.45) is 0.264. The van der Waals surface area contributed by atoms with E-state index in [1.54, 1.807) is 48.5 Å². The van der Waals surface area contributed by atoms with Gasteiger partial charge >= 0.3 is 0 Å². The molecule has 1 N–H and O–H groups in total. The summed E-state index contributed by atoms with van der Waals surface area (Å²) in [6, 6.07) is 29.5. The number of hydrogen-bond donors (Lipinski definition) is 1.